The molecule has 4 rings (SSSR count). The molecular weight excluding hydrogens is 341 g/mol. The SMILES string of the molecule is C#Cc1ccc(C(=O)NC2(c3ccc(-c4ccc(F)cn4)cn3)CC2)cc1. The molecule has 1 amide bonds. The van der Waals surface area contributed by atoms with Crippen LogP contribution >= 0.6 is 0 Å². The summed E-state index contributed by atoms with van der Waals surface area (Å²) in [6.07, 6.45) is 9.89. The molecule has 1 aliphatic rings. The van der Waals surface area contributed by atoms with E-state index >= 15 is 0 Å². The summed E-state index contributed by atoms with van der Waals surface area (Å²) in [6.45, 7) is 0. The Morgan fingerprint density at radius 1 is 1.04 bits per heavy atom. The smallest absolute Gasteiger partial charge is 0.252 e. The molecule has 1 saturated carbocycles. The Balaban J connectivity index is 1.51. The van der Waals surface area contributed by atoms with Gasteiger partial charge in [0.25, 0.3) is 5.91 Å². The zero-order valence-electron chi connectivity index (χ0n) is 14.4. The molecule has 0 aliphatic heterocycles. The van der Waals surface area contributed by atoms with Crippen molar-refractivity contribution < 1.29 is 9.18 Å². The first-order valence-corrected chi connectivity index (χ1v) is 8.57. The number of rotatable bonds is 4. The van der Waals surface area contributed by atoms with Crippen LogP contribution in [0.5, 0.6) is 0 Å². The first kappa shape index (κ1) is 16.9. The molecule has 132 valence electrons. The number of nitrogens with one attached hydrogen (secondary N) is 1. The Hall–Kier alpha value is -3.52. The monoisotopic (exact) mass is 357 g/mol. The van der Waals surface area contributed by atoms with Gasteiger partial charge in [-0.3, -0.25) is 14.8 Å². The Morgan fingerprint density at radius 2 is 1.81 bits per heavy atom. The summed E-state index contributed by atoms with van der Waals surface area (Å²) in [7, 11) is 0. The van der Waals surface area contributed by atoms with Gasteiger partial charge in [0.05, 0.1) is 23.1 Å². The maximum Gasteiger partial charge on any atom is 0.252 e. The molecule has 2 aromatic heterocycles. The molecule has 0 spiro atoms. The molecule has 0 atom stereocenters. The van der Waals surface area contributed by atoms with Crippen LogP contribution in [0.25, 0.3) is 11.3 Å². The average molecular weight is 357 g/mol. The van der Waals surface area contributed by atoms with E-state index in [0.29, 0.717) is 11.3 Å². The Morgan fingerprint density at radius 3 is 2.37 bits per heavy atom. The van der Waals surface area contributed by atoms with Gasteiger partial charge in [-0.15, -0.1) is 6.42 Å². The standard InChI is InChI=1S/C22H16FN3O/c1-2-15-3-5-16(6-4-15)21(27)26-22(11-12-22)20-10-7-17(13-25-20)19-9-8-18(23)14-24-19/h1,3-10,13-14H,11-12H2,(H,26,27). The van der Waals surface area contributed by atoms with Gasteiger partial charge in [-0.1, -0.05) is 5.92 Å². The van der Waals surface area contributed by atoms with Crippen molar-refractivity contribution in [3.63, 3.8) is 0 Å². The first-order chi connectivity index (χ1) is 13.1. The van der Waals surface area contributed by atoms with E-state index in [1.54, 1.807) is 36.5 Å². The number of carbonyl (C=O) groups excluding carboxylic acids is 1. The van der Waals surface area contributed by atoms with Crippen molar-refractivity contribution in [1.29, 1.82) is 0 Å². The fraction of sp³-hybridized carbons (Fsp3) is 0.136. The number of pyridine rings is 2. The van der Waals surface area contributed by atoms with Gasteiger partial charge >= 0.3 is 0 Å². The number of aromatic nitrogens is 2. The second-order valence-electron chi connectivity index (χ2n) is 6.55. The fourth-order valence-corrected chi connectivity index (χ4v) is 2.95. The molecule has 0 unspecified atom stereocenters. The van der Waals surface area contributed by atoms with Gasteiger partial charge in [0.2, 0.25) is 0 Å². The van der Waals surface area contributed by atoms with E-state index in [4.69, 9.17) is 6.42 Å². The lowest BCUT2D eigenvalue weighted by molar-refractivity contribution is 0.0930. The molecule has 1 aliphatic carbocycles. The minimum atomic E-state index is -0.434. The molecular formula is C22H16FN3O. The number of hydrogen-bond donors (Lipinski definition) is 1. The van der Waals surface area contributed by atoms with E-state index in [1.165, 1.54) is 12.3 Å². The first-order valence-electron chi connectivity index (χ1n) is 8.57. The second kappa shape index (κ2) is 6.65. The van der Waals surface area contributed by atoms with E-state index in [-0.39, 0.29) is 11.7 Å². The molecule has 0 saturated heterocycles. The van der Waals surface area contributed by atoms with Crippen molar-refractivity contribution in [1.82, 2.24) is 15.3 Å². The molecule has 0 radical (unpaired) electrons. The van der Waals surface area contributed by atoms with Gasteiger partial charge in [-0.2, -0.15) is 0 Å². The van der Waals surface area contributed by atoms with Crippen LogP contribution in [0.1, 0.15) is 34.5 Å². The van der Waals surface area contributed by atoms with Crippen LogP contribution in [0.3, 0.4) is 0 Å². The predicted octanol–water partition coefficient (Wildman–Crippen LogP) is 3.68. The topological polar surface area (TPSA) is 54.9 Å². The van der Waals surface area contributed by atoms with Crippen LogP contribution in [0.4, 0.5) is 4.39 Å². The van der Waals surface area contributed by atoms with E-state index in [1.807, 2.05) is 12.1 Å². The van der Waals surface area contributed by atoms with Crippen LogP contribution in [-0.4, -0.2) is 15.9 Å². The molecule has 2 heterocycles. The fourth-order valence-electron chi connectivity index (χ4n) is 2.95. The Bertz CT molecular complexity index is 1020. The number of halogens is 1. The number of benzene rings is 1. The second-order valence-corrected chi connectivity index (χ2v) is 6.55. The van der Waals surface area contributed by atoms with Gasteiger partial charge < -0.3 is 5.32 Å². The van der Waals surface area contributed by atoms with Crippen LogP contribution in [0.15, 0.2) is 60.9 Å². The number of terminal acetylenes is 1. The number of amides is 1. The summed E-state index contributed by atoms with van der Waals surface area (Å²) in [5.41, 5.74) is 3.12. The Labute approximate surface area is 156 Å². The lowest BCUT2D eigenvalue weighted by atomic mass is 10.1. The van der Waals surface area contributed by atoms with Gasteiger partial charge in [-0.05, 0) is 61.4 Å². The Kier molecular flexibility index (Phi) is 4.17. The molecule has 1 aromatic carbocycles. The quantitative estimate of drug-likeness (QED) is 0.725. The highest BCUT2D eigenvalue weighted by atomic mass is 19.1. The van der Waals surface area contributed by atoms with Crippen LogP contribution in [0, 0.1) is 18.2 Å². The highest BCUT2D eigenvalue weighted by molar-refractivity contribution is 5.95. The van der Waals surface area contributed by atoms with Crippen molar-refractivity contribution >= 4 is 5.91 Å². The number of hydrogen-bond acceptors (Lipinski definition) is 3. The van der Waals surface area contributed by atoms with Gasteiger partial charge in [0, 0.05) is 22.9 Å². The van der Waals surface area contributed by atoms with E-state index in [2.05, 4.69) is 21.2 Å². The normalized spacial score (nSPS) is 14.2. The zero-order chi connectivity index (χ0) is 18.9. The lowest BCUT2D eigenvalue weighted by Crippen LogP contribution is -2.35. The zero-order valence-corrected chi connectivity index (χ0v) is 14.4. The minimum Gasteiger partial charge on any atom is -0.341 e. The molecule has 4 nitrogen and oxygen atoms in total. The largest absolute Gasteiger partial charge is 0.341 e. The van der Waals surface area contributed by atoms with E-state index in [9.17, 15) is 9.18 Å². The van der Waals surface area contributed by atoms with Crippen LogP contribution in [-0.2, 0) is 5.54 Å². The summed E-state index contributed by atoms with van der Waals surface area (Å²) >= 11 is 0. The van der Waals surface area contributed by atoms with E-state index < -0.39 is 5.54 Å². The highest BCUT2D eigenvalue weighted by Crippen LogP contribution is 2.45. The third-order valence-corrected chi connectivity index (χ3v) is 4.69. The molecule has 1 fully saturated rings. The van der Waals surface area contributed by atoms with Crippen molar-refractivity contribution in [2.75, 3.05) is 0 Å². The molecule has 0 bridgehead atoms. The molecule has 5 heteroatoms. The molecule has 1 N–H and O–H groups in total. The minimum absolute atomic E-state index is 0.151. The average Bonchev–Trinajstić information content (AvgIpc) is 3.49. The summed E-state index contributed by atoms with van der Waals surface area (Å²) in [6, 6.07) is 13.7. The van der Waals surface area contributed by atoms with Crippen molar-refractivity contribution in [3.8, 4) is 23.6 Å². The summed E-state index contributed by atoms with van der Waals surface area (Å²) in [5, 5.41) is 3.09. The summed E-state index contributed by atoms with van der Waals surface area (Å²) in [5.74, 6) is 2.01. The highest BCUT2D eigenvalue weighted by Gasteiger charge is 2.47. The molecule has 3 aromatic rings. The predicted molar refractivity (Wildman–Crippen MR) is 100 cm³/mol. The third-order valence-electron chi connectivity index (χ3n) is 4.69. The number of nitrogens with zero attached hydrogens (tertiary/aromatic N) is 2. The maximum absolute atomic E-state index is 13.0. The molecule has 27 heavy (non-hydrogen) atoms. The maximum atomic E-state index is 13.0. The van der Waals surface area contributed by atoms with Gasteiger partial charge in [-0.25, -0.2) is 4.39 Å². The van der Waals surface area contributed by atoms with Crippen LogP contribution < -0.4 is 5.32 Å². The summed E-state index contributed by atoms with van der Waals surface area (Å²) in [4.78, 5) is 21.1. The van der Waals surface area contributed by atoms with Crippen molar-refractivity contribution in [2.45, 2.75) is 18.4 Å². The van der Waals surface area contributed by atoms with Gasteiger partial charge in [0.15, 0.2) is 0 Å². The summed E-state index contributed by atoms with van der Waals surface area (Å²) < 4.78 is 13.0. The third kappa shape index (κ3) is 3.42. The van der Waals surface area contributed by atoms with E-state index in [0.717, 1.165) is 29.7 Å². The van der Waals surface area contributed by atoms with Crippen molar-refractivity contribution in [3.05, 3.63) is 83.6 Å². The van der Waals surface area contributed by atoms with Crippen LogP contribution in [0.2, 0.25) is 0 Å². The van der Waals surface area contributed by atoms with Crippen molar-refractivity contribution in [2.24, 2.45) is 0 Å². The number of carbonyl (C=O) groups is 1. The lowest BCUT2D eigenvalue weighted by Gasteiger charge is -2.17. The van der Waals surface area contributed by atoms with Gasteiger partial charge in [0.1, 0.15) is 5.82 Å².